The normalized spacial score (nSPS) is 10.5. The van der Waals surface area contributed by atoms with Crippen molar-refractivity contribution in [1.82, 2.24) is 4.57 Å². The summed E-state index contributed by atoms with van der Waals surface area (Å²) in [5.41, 5.74) is 2.42. The lowest BCUT2D eigenvalue weighted by molar-refractivity contribution is -0.114. The van der Waals surface area contributed by atoms with Crippen LogP contribution in [0, 0.1) is 0 Å². The van der Waals surface area contributed by atoms with Crippen LogP contribution in [-0.2, 0) is 11.8 Å². The molecule has 0 bridgehead atoms. The number of carbonyl (C=O) groups is 2. The fourth-order valence-corrected chi connectivity index (χ4v) is 3.04. The molecule has 140 valence electrons. The average molecular weight is 367 g/mol. The van der Waals surface area contributed by atoms with Gasteiger partial charge >= 0.3 is 0 Å². The number of ether oxygens (including phenoxy) is 2. The van der Waals surface area contributed by atoms with Gasteiger partial charge in [-0.25, -0.2) is 0 Å². The predicted molar refractivity (Wildman–Crippen MR) is 105 cm³/mol. The van der Waals surface area contributed by atoms with Crippen LogP contribution in [0.2, 0.25) is 0 Å². The standard InChI is InChI=1S/C20H21N3O4/c1-12(24)21-13-6-5-7-14(10-13)22-20(25)16-11-15-17(26-3)8-9-18(27-4)19(15)23(16)2/h5-11H,1-4H3,(H,21,24)(H,22,25). The molecule has 0 aliphatic rings. The molecule has 3 rings (SSSR count). The minimum absolute atomic E-state index is 0.175. The van der Waals surface area contributed by atoms with Gasteiger partial charge in [-0.2, -0.15) is 0 Å². The van der Waals surface area contributed by atoms with Crippen molar-refractivity contribution in [3.63, 3.8) is 0 Å². The van der Waals surface area contributed by atoms with Crippen LogP contribution in [-0.4, -0.2) is 30.6 Å². The largest absolute Gasteiger partial charge is 0.496 e. The van der Waals surface area contributed by atoms with Gasteiger partial charge in [0.1, 0.15) is 17.2 Å². The molecule has 2 N–H and O–H groups in total. The Morgan fingerprint density at radius 2 is 1.56 bits per heavy atom. The molecular formula is C20H21N3O4. The SMILES string of the molecule is COc1ccc(OC)c2c1cc(C(=O)Nc1cccc(NC(C)=O)c1)n2C. The van der Waals surface area contributed by atoms with Gasteiger partial charge in [-0.1, -0.05) is 6.07 Å². The van der Waals surface area contributed by atoms with Gasteiger partial charge in [0, 0.05) is 30.7 Å². The maximum atomic E-state index is 12.8. The molecule has 1 aromatic heterocycles. The fourth-order valence-electron chi connectivity index (χ4n) is 3.04. The summed E-state index contributed by atoms with van der Waals surface area (Å²) in [4.78, 5) is 24.0. The van der Waals surface area contributed by atoms with Crippen molar-refractivity contribution >= 4 is 34.1 Å². The summed E-state index contributed by atoms with van der Waals surface area (Å²) in [5.74, 6) is 0.859. The van der Waals surface area contributed by atoms with Gasteiger partial charge in [0.2, 0.25) is 5.91 Å². The van der Waals surface area contributed by atoms with Crippen molar-refractivity contribution in [2.24, 2.45) is 7.05 Å². The maximum absolute atomic E-state index is 12.8. The number of fused-ring (bicyclic) bond motifs is 1. The monoisotopic (exact) mass is 367 g/mol. The van der Waals surface area contributed by atoms with Crippen molar-refractivity contribution in [2.45, 2.75) is 6.92 Å². The molecule has 0 unspecified atom stereocenters. The Bertz CT molecular complexity index is 1020. The van der Waals surface area contributed by atoms with E-state index in [1.807, 2.05) is 0 Å². The molecule has 7 nitrogen and oxygen atoms in total. The lowest BCUT2D eigenvalue weighted by Gasteiger charge is -2.10. The highest BCUT2D eigenvalue weighted by molar-refractivity contribution is 6.08. The van der Waals surface area contributed by atoms with E-state index in [4.69, 9.17) is 9.47 Å². The third kappa shape index (κ3) is 3.57. The van der Waals surface area contributed by atoms with Crippen molar-refractivity contribution in [3.05, 3.63) is 48.2 Å². The number of rotatable bonds is 5. The topological polar surface area (TPSA) is 81.6 Å². The molecule has 0 saturated carbocycles. The minimum atomic E-state index is -0.280. The van der Waals surface area contributed by atoms with Gasteiger partial charge in [0.25, 0.3) is 5.91 Å². The van der Waals surface area contributed by atoms with E-state index in [9.17, 15) is 9.59 Å². The number of benzene rings is 2. The van der Waals surface area contributed by atoms with E-state index in [0.717, 1.165) is 10.9 Å². The molecule has 0 spiro atoms. The highest BCUT2D eigenvalue weighted by Gasteiger charge is 2.19. The number of hydrogen-bond donors (Lipinski definition) is 2. The second-order valence-electron chi connectivity index (χ2n) is 6.04. The summed E-state index contributed by atoms with van der Waals surface area (Å²) < 4.78 is 12.6. The molecule has 0 saturated heterocycles. The molecule has 27 heavy (non-hydrogen) atoms. The molecule has 0 aliphatic heterocycles. The zero-order valence-electron chi connectivity index (χ0n) is 15.6. The first-order chi connectivity index (χ1) is 12.9. The first kappa shape index (κ1) is 18.3. The lowest BCUT2D eigenvalue weighted by Crippen LogP contribution is -2.16. The number of aryl methyl sites for hydroxylation is 1. The third-order valence-corrected chi connectivity index (χ3v) is 4.23. The van der Waals surface area contributed by atoms with Gasteiger partial charge in [-0.05, 0) is 36.4 Å². The van der Waals surface area contributed by atoms with Crippen LogP contribution >= 0.6 is 0 Å². The van der Waals surface area contributed by atoms with Crippen LogP contribution in [0.5, 0.6) is 11.5 Å². The van der Waals surface area contributed by atoms with Crippen LogP contribution < -0.4 is 20.1 Å². The van der Waals surface area contributed by atoms with E-state index < -0.39 is 0 Å². The number of methoxy groups -OCH3 is 2. The number of nitrogens with one attached hydrogen (secondary N) is 2. The van der Waals surface area contributed by atoms with Crippen LogP contribution in [0.25, 0.3) is 10.9 Å². The number of carbonyl (C=O) groups excluding carboxylic acids is 2. The summed E-state index contributed by atoms with van der Waals surface area (Å²) in [7, 11) is 4.97. The average Bonchev–Trinajstić information content (AvgIpc) is 2.98. The first-order valence-electron chi connectivity index (χ1n) is 8.34. The molecular weight excluding hydrogens is 346 g/mol. The predicted octanol–water partition coefficient (Wildman–Crippen LogP) is 3.41. The summed E-state index contributed by atoms with van der Waals surface area (Å²) in [6, 6.07) is 12.3. The summed E-state index contributed by atoms with van der Waals surface area (Å²) >= 11 is 0. The zero-order valence-corrected chi connectivity index (χ0v) is 15.6. The Balaban J connectivity index is 1.97. The molecule has 0 atom stereocenters. The number of amides is 2. The van der Waals surface area contributed by atoms with Gasteiger partial charge in [0.05, 0.1) is 19.7 Å². The van der Waals surface area contributed by atoms with E-state index in [1.165, 1.54) is 6.92 Å². The Hall–Kier alpha value is -3.48. The number of anilines is 2. The quantitative estimate of drug-likeness (QED) is 0.724. The first-order valence-corrected chi connectivity index (χ1v) is 8.34. The number of nitrogens with zero attached hydrogens (tertiary/aromatic N) is 1. The van der Waals surface area contributed by atoms with E-state index in [2.05, 4.69) is 10.6 Å². The highest BCUT2D eigenvalue weighted by atomic mass is 16.5. The molecule has 3 aromatic rings. The molecule has 2 aromatic carbocycles. The minimum Gasteiger partial charge on any atom is -0.496 e. The van der Waals surface area contributed by atoms with Crippen molar-refractivity contribution in [1.29, 1.82) is 0 Å². The molecule has 0 aliphatic carbocycles. The van der Waals surface area contributed by atoms with Crippen LogP contribution in [0.3, 0.4) is 0 Å². The Morgan fingerprint density at radius 1 is 0.926 bits per heavy atom. The number of hydrogen-bond acceptors (Lipinski definition) is 4. The smallest absolute Gasteiger partial charge is 0.272 e. The second kappa shape index (κ2) is 7.41. The third-order valence-electron chi connectivity index (χ3n) is 4.23. The Morgan fingerprint density at radius 3 is 2.19 bits per heavy atom. The molecule has 2 amide bonds. The maximum Gasteiger partial charge on any atom is 0.272 e. The van der Waals surface area contributed by atoms with E-state index in [1.54, 1.807) is 68.3 Å². The van der Waals surface area contributed by atoms with Crippen LogP contribution in [0.15, 0.2) is 42.5 Å². The van der Waals surface area contributed by atoms with Gasteiger partial charge in [-0.3, -0.25) is 9.59 Å². The molecule has 1 heterocycles. The van der Waals surface area contributed by atoms with E-state index in [-0.39, 0.29) is 11.8 Å². The zero-order chi connectivity index (χ0) is 19.6. The molecule has 0 fully saturated rings. The molecule has 0 radical (unpaired) electrons. The second-order valence-corrected chi connectivity index (χ2v) is 6.04. The van der Waals surface area contributed by atoms with Gasteiger partial charge in [0.15, 0.2) is 0 Å². The van der Waals surface area contributed by atoms with Crippen molar-refractivity contribution in [2.75, 3.05) is 24.9 Å². The van der Waals surface area contributed by atoms with Gasteiger partial charge < -0.3 is 24.7 Å². The molecule has 7 heteroatoms. The number of aromatic nitrogens is 1. The van der Waals surface area contributed by atoms with E-state index in [0.29, 0.717) is 28.6 Å². The van der Waals surface area contributed by atoms with E-state index >= 15 is 0 Å². The van der Waals surface area contributed by atoms with Gasteiger partial charge in [-0.15, -0.1) is 0 Å². The Labute approximate surface area is 156 Å². The van der Waals surface area contributed by atoms with Crippen molar-refractivity contribution < 1.29 is 19.1 Å². The summed E-state index contributed by atoms with van der Waals surface area (Å²) in [6.07, 6.45) is 0. The van der Waals surface area contributed by atoms with Crippen LogP contribution in [0.4, 0.5) is 11.4 Å². The summed E-state index contributed by atoms with van der Waals surface area (Å²) in [6.45, 7) is 1.43. The summed E-state index contributed by atoms with van der Waals surface area (Å²) in [5, 5.41) is 6.34. The Kier molecular flexibility index (Phi) is 5.03. The van der Waals surface area contributed by atoms with Crippen molar-refractivity contribution in [3.8, 4) is 11.5 Å². The van der Waals surface area contributed by atoms with Crippen LogP contribution in [0.1, 0.15) is 17.4 Å². The fraction of sp³-hybridized carbons (Fsp3) is 0.200. The highest BCUT2D eigenvalue weighted by Crippen LogP contribution is 2.35. The lowest BCUT2D eigenvalue weighted by atomic mass is 10.2.